The van der Waals surface area contributed by atoms with Gasteiger partial charge in [-0.25, -0.2) is 0 Å². The average molecular weight is 299 g/mol. The minimum Gasteiger partial charge on any atom is -0.504 e. The van der Waals surface area contributed by atoms with Crippen molar-refractivity contribution in [1.82, 2.24) is 0 Å². The molecule has 0 spiro atoms. The molecule has 0 bridgehead atoms. The molecule has 116 valence electrons. The van der Waals surface area contributed by atoms with Crippen molar-refractivity contribution in [3.8, 4) is 11.5 Å². The summed E-state index contributed by atoms with van der Waals surface area (Å²) in [5.74, 6) is 0.976. The van der Waals surface area contributed by atoms with E-state index in [4.69, 9.17) is 10.5 Å². The molecule has 0 heterocycles. The van der Waals surface area contributed by atoms with Crippen molar-refractivity contribution in [1.29, 1.82) is 0 Å². The van der Waals surface area contributed by atoms with Gasteiger partial charge in [0.05, 0.1) is 7.11 Å². The summed E-state index contributed by atoms with van der Waals surface area (Å²) in [7, 11) is 1.53. The van der Waals surface area contributed by atoms with Crippen LogP contribution in [0.2, 0.25) is 0 Å². The largest absolute Gasteiger partial charge is 0.504 e. The SMILES string of the molecule is COc1cccc(CCN=C(N)Nc2ccc(C)cc2)c1O. The van der Waals surface area contributed by atoms with Crippen LogP contribution in [0.15, 0.2) is 47.5 Å². The number of hydrogen-bond acceptors (Lipinski definition) is 3. The predicted octanol–water partition coefficient (Wildman–Crippen LogP) is 2.68. The molecule has 22 heavy (non-hydrogen) atoms. The van der Waals surface area contributed by atoms with Crippen LogP contribution in [0.5, 0.6) is 11.5 Å². The molecule has 0 aromatic heterocycles. The maximum Gasteiger partial charge on any atom is 0.193 e. The first-order chi connectivity index (χ1) is 10.6. The fourth-order valence-electron chi connectivity index (χ4n) is 2.06. The molecule has 0 amide bonds. The first kappa shape index (κ1) is 15.7. The van der Waals surface area contributed by atoms with Gasteiger partial charge in [-0.1, -0.05) is 29.8 Å². The number of para-hydroxylation sites is 1. The number of anilines is 1. The smallest absolute Gasteiger partial charge is 0.193 e. The Morgan fingerprint density at radius 1 is 1.23 bits per heavy atom. The van der Waals surface area contributed by atoms with Crippen LogP contribution in [-0.4, -0.2) is 24.7 Å². The van der Waals surface area contributed by atoms with E-state index in [1.54, 1.807) is 6.07 Å². The van der Waals surface area contributed by atoms with Crippen LogP contribution in [0, 0.1) is 6.92 Å². The van der Waals surface area contributed by atoms with Gasteiger partial charge in [-0.2, -0.15) is 0 Å². The second-order valence-electron chi connectivity index (χ2n) is 4.98. The molecular weight excluding hydrogens is 278 g/mol. The van der Waals surface area contributed by atoms with Crippen LogP contribution >= 0.6 is 0 Å². The van der Waals surface area contributed by atoms with Gasteiger partial charge in [0.1, 0.15) is 0 Å². The van der Waals surface area contributed by atoms with Gasteiger partial charge in [0, 0.05) is 12.2 Å². The van der Waals surface area contributed by atoms with Gasteiger partial charge in [-0.15, -0.1) is 0 Å². The summed E-state index contributed by atoms with van der Waals surface area (Å²) in [6.45, 7) is 2.51. The van der Waals surface area contributed by atoms with E-state index in [0.29, 0.717) is 24.7 Å². The van der Waals surface area contributed by atoms with E-state index in [1.807, 2.05) is 43.3 Å². The van der Waals surface area contributed by atoms with Gasteiger partial charge in [-0.05, 0) is 37.1 Å². The highest BCUT2D eigenvalue weighted by Crippen LogP contribution is 2.29. The highest BCUT2D eigenvalue weighted by molar-refractivity contribution is 5.92. The van der Waals surface area contributed by atoms with Crippen LogP contribution in [0.25, 0.3) is 0 Å². The molecule has 0 aliphatic carbocycles. The van der Waals surface area contributed by atoms with Crippen molar-refractivity contribution in [2.45, 2.75) is 13.3 Å². The maximum absolute atomic E-state index is 9.99. The lowest BCUT2D eigenvalue weighted by Gasteiger charge is -2.08. The van der Waals surface area contributed by atoms with E-state index in [9.17, 15) is 5.11 Å². The third kappa shape index (κ3) is 4.15. The Kier molecular flexibility index (Phi) is 5.25. The van der Waals surface area contributed by atoms with E-state index in [-0.39, 0.29) is 5.75 Å². The Labute approximate surface area is 130 Å². The normalized spacial score (nSPS) is 11.3. The standard InChI is InChI=1S/C17H21N3O2/c1-12-6-8-14(9-7-12)20-17(18)19-11-10-13-4-3-5-15(22-2)16(13)21/h3-9,21H,10-11H2,1-2H3,(H3,18,19,20). The number of nitrogens with one attached hydrogen (secondary N) is 1. The number of aryl methyl sites for hydroxylation is 1. The molecule has 0 saturated carbocycles. The Balaban J connectivity index is 1.93. The van der Waals surface area contributed by atoms with Crippen LogP contribution in [-0.2, 0) is 6.42 Å². The number of rotatable bonds is 5. The van der Waals surface area contributed by atoms with E-state index in [2.05, 4.69) is 10.3 Å². The highest BCUT2D eigenvalue weighted by atomic mass is 16.5. The summed E-state index contributed by atoms with van der Waals surface area (Å²) >= 11 is 0. The quantitative estimate of drug-likeness (QED) is 0.586. The van der Waals surface area contributed by atoms with E-state index in [0.717, 1.165) is 11.3 Å². The average Bonchev–Trinajstić information content (AvgIpc) is 2.51. The lowest BCUT2D eigenvalue weighted by atomic mass is 10.1. The fourth-order valence-corrected chi connectivity index (χ4v) is 2.06. The van der Waals surface area contributed by atoms with Crippen LogP contribution < -0.4 is 15.8 Å². The van der Waals surface area contributed by atoms with E-state index < -0.39 is 0 Å². The molecule has 0 aliphatic rings. The summed E-state index contributed by atoms with van der Waals surface area (Å²) in [5.41, 5.74) is 8.73. The van der Waals surface area contributed by atoms with Crippen molar-refractivity contribution in [2.75, 3.05) is 19.0 Å². The zero-order chi connectivity index (χ0) is 15.9. The molecule has 0 fully saturated rings. The number of methoxy groups -OCH3 is 1. The fraction of sp³-hybridized carbons (Fsp3) is 0.235. The molecule has 0 atom stereocenters. The number of aliphatic imine (C=N–C) groups is 1. The number of nitrogens with two attached hydrogens (primary N) is 1. The summed E-state index contributed by atoms with van der Waals surface area (Å²) in [6.07, 6.45) is 0.583. The first-order valence-corrected chi connectivity index (χ1v) is 7.08. The van der Waals surface area contributed by atoms with Crippen molar-refractivity contribution < 1.29 is 9.84 Å². The number of guanidine groups is 1. The summed E-state index contributed by atoms with van der Waals surface area (Å²) in [4.78, 5) is 4.27. The predicted molar refractivity (Wildman–Crippen MR) is 89.7 cm³/mol. The second kappa shape index (κ2) is 7.36. The second-order valence-corrected chi connectivity index (χ2v) is 4.98. The summed E-state index contributed by atoms with van der Waals surface area (Å²) in [5, 5.41) is 13.0. The van der Waals surface area contributed by atoms with Crippen molar-refractivity contribution in [3.05, 3.63) is 53.6 Å². The maximum atomic E-state index is 9.99. The van der Waals surface area contributed by atoms with Gasteiger partial charge in [-0.3, -0.25) is 4.99 Å². The number of nitrogens with zero attached hydrogens (tertiary/aromatic N) is 1. The lowest BCUT2D eigenvalue weighted by molar-refractivity contribution is 0.370. The van der Waals surface area contributed by atoms with Gasteiger partial charge in [0.15, 0.2) is 17.5 Å². The Hall–Kier alpha value is -2.69. The Bertz CT molecular complexity index is 651. The van der Waals surface area contributed by atoms with Crippen LogP contribution in [0.3, 0.4) is 0 Å². The third-order valence-corrected chi connectivity index (χ3v) is 3.29. The molecule has 5 heteroatoms. The summed E-state index contributed by atoms with van der Waals surface area (Å²) < 4.78 is 5.08. The number of benzene rings is 2. The lowest BCUT2D eigenvalue weighted by Crippen LogP contribution is -2.23. The topological polar surface area (TPSA) is 79.9 Å². The monoisotopic (exact) mass is 299 g/mol. The van der Waals surface area contributed by atoms with E-state index >= 15 is 0 Å². The van der Waals surface area contributed by atoms with Crippen LogP contribution in [0.4, 0.5) is 5.69 Å². The molecule has 0 unspecified atom stereocenters. The van der Waals surface area contributed by atoms with Crippen molar-refractivity contribution in [2.24, 2.45) is 10.7 Å². The van der Waals surface area contributed by atoms with Crippen molar-refractivity contribution in [3.63, 3.8) is 0 Å². The number of phenolic OH excluding ortho intramolecular Hbond substituents is 1. The highest BCUT2D eigenvalue weighted by Gasteiger charge is 2.06. The Morgan fingerprint density at radius 2 is 1.95 bits per heavy atom. The van der Waals surface area contributed by atoms with Gasteiger partial charge in [0.25, 0.3) is 0 Å². The molecule has 0 aliphatic heterocycles. The number of hydrogen-bond donors (Lipinski definition) is 3. The molecule has 2 aromatic carbocycles. The van der Waals surface area contributed by atoms with Gasteiger partial charge >= 0.3 is 0 Å². The molecule has 0 radical (unpaired) electrons. The third-order valence-electron chi connectivity index (χ3n) is 3.29. The van der Waals surface area contributed by atoms with Gasteiger partial charge in [0.2, 0.25) is 0 Å². The Morgan fingerprint density at radius 3 is 2.64 bits per heavy atom. The molecular formula is C17H21N3O2. The van der Waals surface area contributed by atoms with Crippen molar-refractivity contribution >= 4 is 11.6 Å². The van der Waals surface area contributed by atoms with Gasteiger partial charge < -0.3 is 20.9 Å². The molecule has 5 nitrogen and oxygen atoms in total. The summed E-state index contributed by atoms with van der Waals surface area (Å²) in [6, 6.07) is 13.3. The number of ether oxygens (including phenoxy) is 1. The number of phenols is 1. The minimum absolute atomic E-state index is 0.158. The zero-order valence-corrected chi connectivity index (χ0v) is 12.8. The molecule has 4 N–H and O–H groups in total. The van der Waals surface area contributed by atoms with E-state index in [1.165, 1.54) is 12.7 Å². The molecule has 0 saturated heterocycles. The molecule has 2 rings (SSSR count). The first-order valence-electron chi connectivity index (χ1n) is 7.08. The number of aromatic hydroxyl groups is 1. The van der Waals surface area contributed by atoms with Crippen LogP contribution in [0.1, 0.15) is 11.1 Å². The molecule has 2 aromatic rings. The zero-order valence-electron chi connectivity index (χ0n) is 12.8. The minimum atomic E-state index is 0.158.